The van der Waals surface area contributed by atoms with Crippen LogP contribution in [0.25, 0.3) is 16.9 Å². The summed E-state index contributed by atoms with van der Waals surface area (Å²) < 4.78 is 12.7. The van der Waals surface area contributed by atoms with Crippen LogP contribution in [0.5, 0.6) is 5.88 Å². The summed E-state index contributed by atoms with van der Waals surface area (Å²) in [6.45, 7) is 3.18. The van der Waals surface area contributed by atoms with Crippen LogP contribution in [-0.2, 0) is 16.0 Å². The second-order valence-electron chi connectivity index (χ2n) is 7.95. The number of anilines is 3. The third kappa shape index (κ3) is 3.85. The van der Waals surface area contributed by atoms with E-state index < -0.39 is 0 Å². The molecule has 166 valence electrons. The van der Waals surface area contributed by atoms with E-state index in [0.29, 0.717) is 42.7 Å². The van der Waals surface area contributed by atoms with Gasteiger partial charge in [-0.15, -0.1) is 0 Å². The molecule has 0 spiro atoms. The average molecular weight is 443 g/mol. The number of nitrogens with one attached hydrogen (secondary N) is 1. The van der Waals surface area contributed by atoms with Crippen molar-refractivity contribution in [3.63, 3.8) is 0 Å². The summed E-state index contributed by atoms with van der Waals surface area (Å²) in [7, 11) is 0. The van der Waals surface area contributed by atoms with Crippen molar-refractivity contribution in [2.75, 3.05) is 43.1 Å². The standard InChI is InChI=1S/C23H21N7O3/c31-18-10-15-9-16(11-26-23(15)33-14-18)19-13-30-4-3-24-22(30)21(28-19)27-17-1-2-20(25-12-17)29-5-7-32-8-6-29/h1-4,9,11-13H,5-8,10,14H2,(H,27,28). The van der Waals surface area contributed by atoms with Crippen molar-refractivity contribution in [3.05, 3.63) is 54.7 Å². The maximum Gasteiger partial charge on any atom is 0.217 e. The van der Waals surface area contributed by atoms with Gasteiger partial charge in [0.05, 0.1) is 30.8 Å². The van der Waals surface area contributed by atoms with Gasteiger partial charge in [0.2, 0.25) is 5.88 Å². The molecule has 0 saturated carbocycles. The second kappa shape index (κ2) is 8.14. The number of carbonyl (C=O) groups excluding carboxylic acids is 1. The number of hydrogen-bond donors (Lipinski definition) is 1. The molecule has 6 rings (SSSR count). The molecule has 4 aromatic rings. The smallest absolute Gasteiger partial charge is 0.217 e. The van der Waals surface area contributed by atoms with Crippen molar-refractivity contribution >= 4 is 28.8 Å². The summed E-state index contributed by atoms with van der Waals surface area (Å²) in [4.78, 5) is 32.2. The number of pyridine rings is 2. The summed E-state index contributed by atoms with van der Waals surface area (Å²) in [5.41, 5.74) is 3.78. The van der Waals surface area contributed by atoms with Crippen molar-refractivity contribution in [1.82, 2.24) is 24.3 Å². The lowest BCUT2D eigenvalue weighted by molar-refractivity contribution is -0.121. The predicted molar refractivity (Wildman–Crippen MR) is 121 cm³/mol. The number of aromatic nitrogens is 5. The van der Waals surface area contributed by atoms with Gasteiger partial charge in [-0.05, 0) is 18.2 Å². The van der Waals surface area contributed by atoms with Gasteiger partial charge in [-0.2, -0.15) is 0 Å². The number of morpholine rings is 1. The Balaban J connectivity index is 1.31. The second-order valence-corrected chi connectivity index (χ2v) is 7.95. The molecule has 0 atom stereocenters. The fourth-order valence-electron chi connectivity index (χ4n) is 4.04. The Bertz CT molecular complexity index is 1330. The molecule has 1 saturated heterocycles. The molecule has 4 aromatic heterocycles. The van der Waals surface area contributed by atoms with Crippen LogP contribution in [0, 0.1) is 0 Å². The van der Waals surface area contributed by atoms with E-state index >= 15 is 0 Å². The van der Waals surface area contributed by atoms with Crippen molar-refractivity contribution < 1.29 is 14.3 Å². The highest BCUT2D eigenvalue weighted by atomic mass is 16.5. The lowest BCUT2D eigenvalue weighted by atomic mass is 10.1. The van der Waals surface area contributed by atoms with Crippen molar-refractivity contribution in [2.45, 2.75) is 6.42 Å². The number of rotatable bonds is 4. The fraction of sp³-hybridized carbons (Fsp3) is 0.261. The Morgan fingerprint density at radius 1 is 1.06 bits per heavy atom. The van der Waals surface area contributed by atoms with Gasteiger partial charge in [-0.25, -0.2) is 19.9 Å². The number of Topliss-reactive ketones (excluding diaryl/α,β-unsaturated/α-hetero) is 1. The molecular formula is C23H21N7O3. The van der Waals surface area contributed by atoms with E-state index in [9.17, 15) is 4.79 Å². The Hall–Kier alpha value is -4.05. The minimum Gasteiger partial charge on any atom is -0.469 e. The van der Waals surface area contributed by atoms with E-state index in [-0.39, 0.29) is 12.4 Å². The molecule has 0 unspecified atom stereocenters. The summed E-state index contributed by atoms with van der Waals surface area (Å²) in [6, 6.07) is 5.88. The first-order chi connectivity index (χ1) is 16.2. The van der Waals surface area contributed by atoms with E-state index in [4.69, 9.17) is 14.5 Å². The molecule has 10 heteroatoms. The summed E-state index contributed by atoms with van der Waals surface area (Å²) in [5.74, 6) is 2.07. The Morgan fingerprint density at radius 2 is 1.97 bits per heavy atom. The van der Waals surface area contributed by atoms with Crippen LogP contribution >= 0.6 is 0 Å². The molecule has 6 heterocycles. The third-order valence-corrected chi connectivity index (χ3v) is 5.70. The molecule has 1 N–H and O–H groups in total. The van der Waals surface area contributed by atoms with E-state index in [2.05, 4.69) is 25.2 Å². The number of fused-ring (bicyclic) bond motifs is 2. The van der Waals surface area contributed by atoms with Crippen LogP contribution < -0.4 is 15.0 Å². The number of hydrogen-bond acceptors (Lipinski definition) is 9. The van der Waals surface area contributed by atoms with E-state index in [1.165, 1.54) is 0 Å². The zero-order chi connectivity index (χ0) is 22.2. The van der Waals surface area contributed by atoms with Gasteiger partial charge in [0, 0.05) is 55.4 Å². The van der Waals surface area contributed by atoms with E-state index in [1.54, 1.807) is 18.6 Å². The quantitative estimate of drug-likeness (QED) is 0.508. The van der Waals surface area contributed by atoms with Crippen molar-refractivity contribution in [1.29, 1.82) is 0 Å². The first-order valence-corrected chi connectivity index (χ1v) is 10.8. The molecule has 0 aromatic carbocycles. The Labute approximate surface area is 189 Å². The fourth-order valence-corrected chi connectivity index (χ4v) is 4.04. The first kappa shape index (κ1) is 19.6. The SMILES string of the molecule is O=C1COc2ncc(-c3cn4ccnc4c(Nc4ccc(N5CCOCC5)nc4)n3)cc2C1. The molecule has 0 amide bonds. The summed E-state index contributed by atoms with van der Waals surface area (Å²) in [5, 5.41) is 3.34. The van der Waals surface area contributed by atoms with Gasteiger partial charge in [0.1, 0.15) is 12.4 Å². The highest BCUT2D eigenvalue weighted by Crippen LogP contribution is 2.29. The van der Waals surface area contributed by atoms with Crippen LogP contribution in [0.3, 0.4) is 0 Å². The number of carbonyl (C=O) groups is 1. The van der Waals surface area contributed by atoms with E-state index in [0.717, 1.165) is 35.7 Å². The van der Waals surface area contributed by atoms with Crippen LogP contribution in [-0.4, -0.2) is 63.0 Å². The zero-order valence-electron chi connectivity index (χ0n) is 17.8. The van der Waals surface area contributed by atoms with E-state index in [1.807, 2.05) is 35.0 Å². The molecular weight excluding hydrogens is 422 g/mol. The molecule has 33 heavy (non-hydrogen) atoms. The number of ketones is 1. The number of ether oxygens (including phenoxy) is 2. The lowest BCUT2D eigenvalue weighted by Gasteiger charge is -2.27. The van der Waals surface area contributed by atoms with Crippen LogP contribution in [0.2, 0.25) is 0 Å². The minimum absolute atomic E-state index is 0.0369. The average Bonchev–Trinajstić information content (AvgIpc) is 3.34. The van der Waals surface area contributed by atoms with Gasteiger partial charge < -0.3 is 24.1 Å². The number of imidazole rings is 1. The molecule has 0 bridgehead atoms. The normalized spacial score (nSPS) is 15.9. The summed E-state index contributed by atoms with van der Waals surface area (Å²) >= 11 is 0. The topological polar surface area (TPSA) is 107 Å². The zero-order valence-corrected chi connectivity index (χ0v) is 17.8. The van der Waals surface area contributed by atoms with Crippen LogP contribution in [0.15, 0.2) is 49.2 Å². The highest BCUT2D eigenvalue weighted by Gasteiger charge is 2.20. The van der Waals surface area contributed by atoms with Gasteiger partial charge in [-0.1, -0.05) is 0 Å². The molecule has 1 fully saturated rings. The van der Waals surface area contributed by atoms with Crippen molar-refractivity contribution in [2.24, 2.45) is 0 Å². The van der Waals surface area contributed by atoms with Crippen LogP contribution in [0.1, 0.15) is 5.56 Å². The first-order valence-electron chi connectivity index (χ1n) is 10.8. The monoisotopic (exact) mass is 443 g/mol. The third-order valence-electron chi connectivity index (χ3n) is 5.70. The van der Waals surface area contributed by atoms with Gasteiger partial charge >= 0.3 is 0 Å². The largest absolute Gasteiger partial charge is 0.469 e. The number of nitrogens with zero attached hydrogens (tertiary/aromatic N) is 6. The van der Waals surface area contributed by atoms with Crippen LogP contribution in [0.4, 0.5) is 17.3 Å². The van der Waals surface area contributed by atoms with Crippen molar-refractivity contribution in [3.8, 4) is 17.1 Å². The maximum atomic E-state index is 11.8. The molecule has 0 radical (unpaired) electrons. The lowest BCUT2D eigenvalue weighted by Crippen LogP contribution is -2.36. The Kier molecular flexibility index (Phi) is 4.84. The molecule has 0 aliphatic carbocycles. The molecule has 2 aliphatic heterocycles. The van der Waals surface area contributed by atoms with Gasteiger partial charge in [0.15, 0.2) is 17.2 Å². The summed E-state index contributed by atoms with van der Waals surface area (Å²) in [6.07, 6.45) is 9.30. The Morgan fingerprint density at radius 3 is 2.82 bits per heavy atom. The predicted octanol–water partition coefficient (Wildman–Crippen LogP) is 2.27. The molecule has 2 aliphatic rings. The minimum atomic E-state index is 0.0369. The molecule has 10 nitrogen and oxygen atoms in total. The highest BCUT2D eigenvalue weighted by molar-refractivity contribution is 5.84. The van der Waals surface area contributed by atoms with Gasteiger partial charge in [0.25, 0.3) is 0 Å². The maximum absolute atomic E-state index is 11.8. The van der Waals surface area contributed by atoms with Gasteiger partial charge in [-0.3, -0.25) is 4.79 Å².